The van der Waals surface area contributed by atoms with Crippen molar-refractivity contribution in [2.24, 2.45) is 5.73 Å². The maximum absolute atomic E-state index is 5.82. The maximum Gasteiger partial charge on any atom is 0.0897 e. The van der Waals surface area contributed by atoms with E-state index in [1.54, 1.807) is 11.3 Å². The quantitative estimate of drug-likeness (QED) is 0.722. The van der Waals surface area contributed by atoms with Gasteiger partial charge in [0.15, 0.2) is 0 Å². The van der Waals surface area contributed by atoms with E-state index in [1.807, 2.05) is 13.0 Å². The van der Waals surface area contributed by atoms with Crippen LogP contribution in [0.25, 0.3) is 0 Å². The van der Waals surface area contributed by atoms with Crippen molar-refractivity contribution in [3.63, 3.8) is 0 Å². The minimum absolute atomic E-state index is 0.170. The lowest BCUT2D eigenvalue weighted by Gasteiger charge is -2.05. The third-order valence-electron chi connectivity index (χ3n) is 1.61. The van der Waals surface area contributed by atoms with Crippen molar-refractivity contribution in [2.45, 2.75) is 25.8 Å². The van der Waals surface area contributed by atoms with E-state index >= 15 is 0 Å². The fraction of sp³-hybridized carbons (Fsp3) is 0.444. The minimum atomic E-state index is 0.170. The van der Waals surface area contributed by atoms with Gasteiger partial charge >= 0.3 is 0 Å². The van der Waals surface area contributed by atoms with Crippen LogP contribution in [0, 0.1) is 6.92 Å². The third kappa shape index (κ3) is 2.75. The lowest BCUT2D eigenvalue weighted by atomic mass is 10.1. The van der Waals surface area contributed by atoms with E-state index in [9.17, 15) is 0 Å². The lowest BCUT2D eigenvalue weighted by molar-refractivity contribution is 0.670. The van der Waals surface area contributed by atoms with Crippen LogP contribution in [-0.2, 0) is 6.42 Å². The van der Waals surface area contributed by atoms with Gasteiger partial charge in [-0.15, -0.1) is 17.9 Å². The van der Waals surface area contributed by atoms with Crippen molar-refractivity contribution in [1.82, 2.24) is 4.98 Å². The Bertz CT molecular complexity index is 255. The zero-order valence-corrected chi connectivity index (χ0v) is 8.10. The number of thiazole rings is 1. The van der Waals surface area contributed by atoms with Gasteiger partial charge in [-0.2, -0.15) is 0 Å². The van der Waals surface area contributed by atoms with E-state index in [0.29, 0.717) is 0 Å². The van der Waals surface area contributed by atoms with Crippen LogP contribution in [-0.4, -0.2) is 11.0 Å². The average Bonchev–Trinajstić information content (AvgIpc) is 2.36. The number of nitrogens with two attached hydrogens (primary N) is 1. The first kappa shape index (κ1) is 9.42. The summed E-state index contributed by atoms with van der Waals surface area (Å²) in [5.74, 6) is 0. The molecule has 0 saturated carbocycles. The third-order valence-corrected chi connectivity index (χ3v) is 2.43. The summed E-state index contributed by atoms with van der Waals surface area (Å²) in [6, 6.07) is 0.170. The molecule has 0 aliphatic heterocycles. The van der Waals surface area contributed by atoms with Crippen molar-refractivity contribution in [3.8, 4) is 0 Å². The van der Waals surface area contributed by atoms with Gasteiger partial charge in [-0.05, 0) is 13.3 Å². The van der Waals surface area contributed by atoms with Crippen LogP contribution in [0.5, 0.6) is 0 Å². The van der Waals surface area contributed by atoms with Crippen molar-refractivity contribution in [2.75, 3.05) is 0 Å². The van der Waals surface area contributed by atoms with Gasteiger partial charge in [0.2, 0.25) is 0 Å². The summed E-state index contributed by atoms with van der Waals surface area (Å²) in [5.41, 5.74) is 6.92. The predicted octanol–water partition coefficient (Wildman–Crippen LogP) is 1.90. The Morgan fingerprint density at radius 3 is 3.08 bits per heavy atom. The Morgan fingerprint density at radius 2 is 2.58 bits per heavy atom. The largest absolute Gasteiger partial charge is 0.327 e. The van der Waals surface area contributed by atoms with Gasteiger partial charge in [0, 0.05) is 17.8 Å². The predicted molar refractivity (Wildman–Crippen MR) is 53.3 cm³/mol. The molecular weight excluding hydrogens is 168 g/mol. The molecule has 1 atom stereocenters. The molecule has 1 heterocycles. The molecule has 2 nitrogen and oxygen atoms in total. The molecule has 0 spiro atoms. The molecule has 0 amide bonds. The van der Waals surface area contributed by atoms with Crippen LogP contribution in [0.4, 0.5) is 0 Å². The van der Waals surface area contributed by atoms with E-state index < -0.39 is 0 Å². The molecule has 0 fully saturated rings. The van der Waals surface area contributed by atoms with E-state index in [0.717, 1.165) is 23.5 Å². The van der Waals surface area contributed by atoms with Gasteiger partial charge < -0.3 is 5.73 Å². The summed E-state index contributed by atoms with van der Waals surface area (Å²) in [4.78, 5) is 4.34. The lowest BCUT2D eigenvalue weighted by Crippen LogP contribution is -2.21. The smallest absolute Gasteiger partial charge is 0.0897 e. The Hall–Kier alpha value is -0.670. The first-order valence-electron chi connectivity index (χ1n) is 4.00. The SMILES string of the molecule is C=CCC(N)Cc1csc(C)n1. The zero-order valence-electron chi connectivity index (χ0n) is 7.29. The van der Waals surface area contributed by atoms with E-state index in [4.69, 9.17) is 5.73 Å². The summed E-state index contributed by atoms with van der Waals surface area (Å²) in [6.07, 6.45) is 3.57. The number of aromatic nitrogens is 1. The minimum Gasteiger partial charge on any atom is -0.327 e. The highest BCUT2D eigenvalue weighted by atomic mass is 32.1. The molecule has 0 aromatic carbocycles. The Morgan fingerprint density at radius 1 is 1.83 bits per heavy atom. The number of rotatable bonds is 4. The first-order chi connectivity index (χ1) is 5.72. The summed E-state index contributed by atoms with van der Waals surface area (Å²) in [7, 11) is 0. The fourth-order valence-corrected chi connectivity index (χ4v) is 1.69. The Labute approximate surface area is 77.1 Å². The normalized spacial score (nSPS) is 12.8. The van der Waals surface area contributed by atoms with E-state index in [2.05, 4.69) is 16.9 Å². The first-order valence-corrected chi connectivity index (χ1v) is 4.88. The second-order valence-electron chi connectivity index (χ2n) is 2.85. The monoisotopic (exact) mass is 182 g/mol. The average molecular weight is 182 g/mol. The molecule has 1 aromatic heterocycles. The van der Waals surface area contributed by atoms with Crippen molar-refractivity contribution >= 4 is 11.3 Å². The molecule has 0 bridgehead atoms. The topological polar surface area (TPSA) is 38.9 Å². The highest BCUT2D eigenvalue weighted by molar-refractivity contribution is 7.09. The highest BCUT2D eigenvalue weighted by Gasteiger charge is 2.04. The van der Waals surface area contributed by atoms with Crippen LogP contribution in [0.1, 0.15) is 17.1 Å². The molecule has 2 N–H and O–H groups in total. The number of hydrogen-bond acceptors (Lipinski definition) is 3. The summed E-state index contributed by atoms with van der Waals surface area (Å²) >= 11 is 1.67. The van der Waals surface area contributed by atoms with E-state index in [-0.39, 0.29) is 6.04 Å². The van der Waals surface area contributed by atoms with Gasteiger partial charge in [0.05, 0.1) is 10.7 Å². The molecular formula is C9H14N2S. The summed E-state index contributed by atoms with van der Waals surface area (Å²) in [6.45, 7) is 5.66. The second-order valence-corrected chi connectivity index (χ2v) is 3.91. The van der Waals surface area contributed by atoms with Crippen LogP contribution in [0.15, 0.2) is 18.0 Å². The molecule has 0 aliphatic rings. The van der Waals surface area contributed by atoms with Gasteiger partial charge in [-0.3, -0.25) is 0 Å². The molecule has 1 rings (SSSR count). The molecule has 0 saturated heterocycles. The van der Waals surface area contributed by atoms with Crippen LogP contribution >= 0.6 is 11.3 Å². The van der Waals surface area contributed by atoms with Crippen molar-refractivity contribution < 1.29 is 0 Å². The van der Waals surface area contributed by atoms with Crippen molar-refractivity contribution in [3.05, 3.63) is 28.7 Å². The molecule has 0 radical (unpaired) electrons. The second kappa shape index (κ2) is 4.38. The highest BCUT2D eigenvalue weighted by Crippen LogP contribution is 2.10. The number of hydrogen-bond donors (Lipinski definition) is 1. The molecule has 66 valence electrons. The maximum atomic E-state index is 5.82. The van der Waals surface area contributed by atoms with Crippen LogP contribution in [0.2, 0.25) is 0 Å². The molecule has 12 heavy (non-hydrogen) atoms. The molecule has 0 aliphatic carbocycles. The number of nitrogens with zero attached hydrogens (tertiary/aromatic N) is 1. The molecule has 3 heteroatoms. The van der Waals surface area contributed by atoms with E-state index in [1.165, 1.54) is 0 Å². The Kier molecular flexibility index (Phi) is 3.44. The summed E-state index contributed by atoms with van der Waals surface area (Å²) < 4.78 is 0. The molecule has 1 aromatic rings. The Balaban J connectivity index is 2.46. The summed E-state index contributed by atoms with van der Waals surface area (Å²) in [5, 5.41) is 3.17. The number of aryl methyl sites for hydroxylation is 1. The molecule has 1 unspecified atom stereocenters. The van der Waals surface area contributed by atoms with Crippen LogP contribution < -0.4 is 5.73 Å². The standard InChI is InChI=1S/C9H14N2S/c1-3-4-8(10)5-9-6-12-7(2)11-9/h3,6,8H,1,4-5,10H2,2H3. The fourth-order valence-electron chi connectivity index (χ4n) is 1.07. The zero-order chi connectivity index (χ0) is 8.97. The van der Waals surface area contributed by atoms with Gasteiger partial charge in [0.25, 0.3) is 0 Å². The van der Waals surface area contributed by atoms with Gasteiger partial charge in [0.1, 0.15) is 0 Å². The van der Waals surface area contributed by atoms with Crippen molar-refractivity contribution in [1.29, 1.82) is 0 Å². The van der Waals surface area contributed by atoms with Crippen LogP contribution in [0.3, 0.4) is 0 Å². The van der Waals surface area contributed by atoms with Gasteiger partial charge in [-0.1, -0.05) is 6.08 Å². The van der Waals surface area contributed by atoms with Gasteiger partial charge in [-0.25, -0.2) is 4.98 Å².